The van der Waals surface area contributed by atoms with Crippen LogP contribution >= 0.6 is 0 Å². The van der Waals surface area contributed by atoms with Crippen molar-refractivity contribution in [3.05, 3.63) is 11.9 Å². The molecule has 1 aromatic rings. The van der Waals surface area contributed by atoms with Crippen LogP contribution < -0.4 is 11.1 Å². The van der Waals surface area contributed by atoms with E-state index >= 15 is 0 Å². The van der Waals surface area contributed by atoms with Gasteiger partial charge in [0.25, 0.3) is 5.91 Å². The minimum absolute atomic E-state index is 0.0459. The van der Waals surface area contributed by atoms with Crippen LogP contribution in [0.25, 0.3) is 0 Å². The Kier molecular flexibility index (Phi) is 2.98. The highest BCUT2D eigenvalue weighted by Gasteiger charge is 2.42. The van der Waals surface area contributed by atoms with Gasteiger partial charge in [0.2, 0.25) is 5.91 Å². The van der Waals surface area contributed by atoms with Crippen LogP contribution in [0.15, 0.2) is 6.20 Å². The van der Waals surface area contributed by atoms with Crippen molar-refractivity contribution in [1.82, 2.24) is 20.4 Å². The van der Waals surface area contributed by atoms with Crippen LogP contribution in [-0.4, -0.2) is 47.0 Å². The number of hydrogen-bond acceptors (Lipinski definition) is 4. The van der Waals surface area contributed by atoms with Crippen LogP contribution in [-0.2, 0) is 4.79 Å². The molecule has 1 aliphatic heterocycles. The average molecular weight is 251 g/mol. The number of hydrogen-bond donors (Lipinski definition) is 3. The topological polar surface area (TPSA) is 104 Å². The van der Waals surface area contributed by atoms with E-state index in [-0.39, 0.29) is 17.5 Å². The lowest BCUT2D eigenvalue weighted by Crippen LogP contribution is -2.40. The van der Waals surface area contributed by atoms with E-state index in [4.69, 9.17) is 5.73 Å². The average Bonchev–Trinajstić information content (AvgIpc) is 2.95. The number of nitrogens with one attached hydrogen (secondary N) is 2. The molecule has 7 nitrogen and oxygen atoms in total. The van der Waals surface area contributed by atoms with Crippen molar-refractivity contribution < 1.29 is 9.59 Å². The number of nitrogens with zero attached hydrogens (tertiary/aromatic N) is 2. The molecule has 4 N–H and O–H groups in total. The monoisotopic (exact) mass is 251 g/mol. The van der Waals surface area contributed by atoms with Crippen molar-refractivity contribution in [2.75, 3.05) is 25.9 Å². The quantitative estimate of drug-likeness (QED) is 0.664. The Labute approximate surface area is 105 Å². The Morgan fingerprint density at radius 1 is 1.61 bits per heavy atom. The molecule has 1 atom stereocenters. The molecule has 0 saturated carbocycles. The maximum absolute atomic E-state index is 12.2. The number of aromatic amines is 1. The highest BCUT2D eigenvalue weighted by Crippen LogP contribution is 2.31. The van der Waals surface area contributed by atoms with Gasteiger partial charge in [0, 0.05) is 20.1 Å². The molecule has 2 heterocycles. The smallest absolute Gasteiger partial charge is 0.274 e. The fourth-order valence-corrected chi connectivity index (χ4v) is 2.25. The summed E-state index contributed by atoms with van der Waals surface area (Å²) in [7, 11) is 1.60. The lowest BCUT2D eigenvalue weighted by molar-refractivity contribution is -0.128. The van der Waals surface area contributed by atoms with E-state index in [1.54, 1.807) is 11.9 Å². The summed E-state index contributed by atoms with van der Waals surface area (Å²) in [6.07, 6.45) is 2.05. The third kappa shape index (κ3) is 1.92. The molecule has 0 radical (unpaired) electrons. The van der Waals surface area contributed by atoms with Crippen molar-refractivity contribution >= 4 is 17.5 Å². The summed E-state index contributed by atoms with van der Waals surface area (Å²) >= 11 is 0. The summed E-state index contributed by atoms with van der Waals surface area (Å²) in [6.45, 7) is 2.79. The van der Waals surface area contributed by atoms with Crippen molar-refractivity contribution in [3.8, 4) is 0 Å². The van der Waals surface area contributed by atoms with Gasteiger partial charge in [0.1, 0.15) is 5.69 Å². The second kappa shape index (κ2) is 4.32. The van der Waals surface area contributed by atoms with Gasteiger partial charge in [-0.15, -0.1) is 0 Å². The Morgan fingerprint density at radius 2 is 2.33 bits per heavy atom. The number of anilines is 1. The standard InChI is InChI=1S/C11H17N5O2/c1-11(10(18)13-2)3-4-16(6-11)9(17)8-7(12)5-14-15-8/h5H,3-4,6,12H2,1-2H3,(H,13,18)(H,14,15). The number of carbonyl (C=O) groups excluding carboxylic acids is 2. The summed E-state index contributed by atoms with van der Waals surface area (Å²) in [6, 6.07) is 0. The number of H-pyrrole nitrogens is 1. The summed E-state index contributed by atoms with van der Waals surface area (Å²) in [4.78, 5) is 25.6. The minimum atomic E-state index is -0.529. The van der Waals surface area contributed by atoms with Gasteiger partial charge in [-0.2, -0.15) is 5.10 Å². The van der Waals surface area contributed by atoms with Gasteiger partial charge in [-0.3, -0.25) is 14.7 Å². The van der Waals surface area contributed by atoms with Crippen molar-refractivity contribution in [3.63, 3.8) is 0 Å². The molecule has 1 aromatic heterocycles. The molecule has 2 rings (SSSR count). The van der Waals surface area contributed by atoms with Gasteiger partial charge in [0.05, 0.1) is 17.3 Å². The van der Waals surface area contributed by atoms with Crippen LogP contribution in [0.5, 0.6) is 0 Å². The summed E-state index contributed by atoms with van der Waals surface area (Å²) in [5.74, 6) is -0.256. The Hall–Kier alpha value is -2.05. The molecule has 0 aliphatic carbocycles. The van der Waals surface area contributed by atoms with Gasteiger partial charge in [-0.1, -0.05) is 0 Å². The lowest BCUT2D eigenvalue weighted by Gasteiger charge is -2.22. The number of nitrogens with two attached hydrogens (primary N) is 1. The molecule has 1 aliphatic rings. The molecule has 7 heteroatoms. The predicted octanol–water partition coefficient (Wildman–Crippen LogP) is -0.410. The highest BCUT2D eigenvalue weighted by atomic mass is 16.2. The normalized spacial score (nSPS) is 23.1. The lowest BCUT2D eigenvalue weighted by atomic mass is 9.89. The fourth-order valence-electron chi connectivity index (χ4n) is 2.25. The molecule has 0 aromatic carbocycles. The molecule has 1 unspecified atom stereocenters. The maximum Gasteiger partial charge on any atom is 0.274 e. The van der Waals surface area contributed by atoms with E-state index < -0.39 is 5.41 Å². The Morgan fingerprint density at radius 3 is 2.89 bits per heavy atom. The number of rotatable bonds is 2. The van der Waals surface area contributed by atoms with E-state index in [2.05, 4.69) is 15.5 Å². The summed E-state index contributed by atoms with van der Waals surface area (Å²) < 4.78 is 0. The van der Waals surface area contributed by atoms with Gasteiger partial charge in [-0.25, -0.2) is 0 Å². The van der Waals surface area contributed by atoms with Gasteiger partial charge in [-0.05, 0) is 13.3 Å². The Balaban J connectivity index is 2.12. The van der Waals surface area contributed by atoms with Crippen LogP contribution in [0.1, 0.15) is 23.8 Å². The first kappa shape index (κ1) is 12.4. The number of carbonyl (C=O) groups is 2. The third-order valence-electron chi connectivity index (χ3n) is 3.42. The van der Waals surface area contributed by atoms with Crippen molar-refractivity contribution in [2.24, 2.45) is 5.41 Å². The SMILES string of the molecule is CNC(=O)C1(C)CCN(C(=O)c2[nH]ncc2N)C1. The van der Waals surface area contributed by atoms with E-state index in [1.807, 2.05) is 6.92 Å². The van der Waals surface area contributed by atoms with Gasteiger partial charge >= 0.3 is 0 Å². The molecular formula is C11H17N5O2. The first-order valence-corrected chi connectivity index (χ1v) is 5.78. The van der Waals surface area contributed by atoms with Crippen molar-refractivity contribution in [2.45, 2.75) is 13.3 Å². The van der Waals surface area contributed by atoms with Crippen LogP contribution in [0.3, 0.4) is 0 Å². The number of likely N-dealkylation sites (tertiary alicyclic amines) is 1. The van der Waals surface area contributed by atoms with E-state index in [0.717, 1.165) is 0 Å². The van der Waals surface area contributed by atoms with E-state index in [0.29, 0.717) is 25.2 Å². The highest BCUT2D eigenvalue weighted by molar-refractivity contribution is 5.97. The molecule has 0 bridgehead atoms. The molecule has 1 fully saturated rings. The molecule has 1 saturated heterocycles. The number of aromatic nitrogens is 2. The molecule has 18 heavy (non-hydrogen) atoms. The second-order valence-electron chi connectivity index (χ2n) is 4.82. The van der Waals surface area contributed by atoms with Gasteiger partial charge < -0.3 is 16.0 Å². The van der Waals surface area contributed by atoms with Crippen LogP contribution in [0.2, 0.25) is 0 Å². The number of nitrogen functional groups attached to an aromatic ring is 1. The minimum Gasteiger partial charge on any atom is -0.396 e. The van der Waals surface area contributed by atoms with Crippen LogP contribution in [0.4, 0.5) is 5.69 Å². The zero-order valence-electron chi connectivity index (χ0n) is 10.5. The summed E-state index contributed by atoms with van der Waals surface area (Å²) in [5, 5.41) is 8.94. The first-order chi connectivity index (χ1) is 8.48. The van der Waals surface area contributed by atoms with Gasteiger partial charge in [0.15, 0.2) is 0 Å². The zero-order chi connectivity index (χ0) is 13.3. The van der Waals surface area contributed by atoms with Crippen LogP contribution in [0, 0.1) is 5.41 Å². The summed E-state index contributed by atoms with van der Waals surface area (Å²) in [5.41, 5.74) is 5.73. The molecule has 0 spiro atoms. The first-order valence-electron chi connectivity index (χ1n) is 5.78. The van der Waals surface area contributed by atoms with E-state index in [9.17, 15) is 9.59 Å². The Bertz CT molecular complexity index is 484. The number of amides is 2. The molecule has 2 amide bonds. The second-order valence-corrected chi connectivity index (χ2v) is 4.82. The fraction of sp³-hybridized carbons (Fsp3) is 0.545. The van der Waals surface area contributed by atoms with Crippen molar-refractivity contribution in [1.29, 1.82) is 0 Å². The largest absolute Gasteiger partial charge is 0.396 e. The predicted molar refractivity (Wildman–Crippen MR) is 65.7 cm³/mol. The molecular weight excluding hydrogens is 234 g/mol. The zero-order valence-corrected chi connectivity index (χ0v) is 10.5. The maximum atomic E-state index is 12.2. The van der Waals surface area contributed by atoms with E-state index in [1.165, 1.54) is 6.20 Å². The third-order valence-corrected chi connectivity index (χ3v) is 3.42. The molecule has 98 valence electrons.